The summed E-state index contributed by atoms with van der Waals surface area (Å²) in [5.41, 5.74) is 0. The van der Waals surface area contributed by atoms with Gasteiger partial charge in [-0.3, -0.25) is 4.79 Å². The fraction of sp³-hybridized carbons (Fsp3) is 0.923. The Labute approximate surface area is 117 Å². The summed E-state index contributed by atoms with van der Waals surface area (Å²) in [5.74, 6) is 1.03. The lowest BCUT2D eigenvalue weighted by atomic mass is 9.93. The predicted octanol–water partition coefficient (Wildman–Crippen LogP) is 1.54. The molecule has 0 bridgehead atoms. The van der Waals surface area contributed by atoms with Gasteiger partial charge in [-0.25, -0.2) is 0 Å². The van der Waals surface area contributed by atoms with Crippen LogP contribution >= 0.6 is 12.4 Å². The van der Waals surface area contributed by atoms with Crippen LogP contribution < -0.4 is 5.32 Å². The number of methoxy groups -OCH3 is 1. The second-order valence-corrected chi connectivity index (χ2v) is 5.02. The highest BCUT2D eigenvalue weighted by Gasteiger charge is 2.25. The first-order chi connectivity index (χ1) is 8.19. The Hall–Kier alpha value is -0.320. The Bertz CT molecular complexity index is 231. The van der Waals surface area contributed by atoms with Gasteiger partial charge in [-0.2, -0.15) is 0 Å². The lowest BCUT2D eigenvalue weighted by Gasteiger charge is -2.33. The Morgan fingerprint density at radius 2 is 2.06 bits per heavy atom. The third-order valence-corrected chi connectivity index (χ3v) is 3.57. The lowest BCUT2D eigenvalue weighted by Crippen LogP contribution is -2.42. The molecule has 1 atom stereocenters. The number of carbonyl (C=O) groups is 1. The number of carbonyl (C=O) groups excluding carboxylic acids is 1. The van der Waals surface area contributed by atoms with Gasteiger partial charge in [0.15, 0.2) is 0 Å². The largest absolute Gasteiger partial charge is 0.384 e. The lowest BCUT2D eigenvalue weighted by molar-refractivity contribution is -0.138. The molecule has 0 aromatic rings. The van der Waals surface area contributed by atoms with Crippen molar-refractivity contribution in [1.29, 1.82) is 0 Å². The van der Waals surface area contributed by atoms with Gasteiger partial charge in [-0.15, -0.1) is 12.4 Å². The average Bonchev–Trinajstić information content (AvgIpc) is 2.36. The molecule has 1 aliphatic rings. The van der Waals surface area contributed by atoms with Crippen LogP contribution in [0.5, 0.6) is 0 Å². The number of rotatable bonds is 6. The predicted molar refractivity (Wildman–Crippen MR) is 76.1 cm³/mol. The summed E-state index contributed by atoms with van der Waals surface area (Å²) >= 11 is 0. The number of amides is 1. The van der Waals surface area contributed by atoms with Crippen LogP contribution in [0, 0.1) is 11.8 Å². The van der Waals surface area contributed by atoms with Crippen LogP contribution in [0.3, 0.4) is 0 Å². The summed E-state index contributed by atoms with van der Waals surface area (Å²) in [6.45, 7) is 5.39. The molecule has 0 radical (unpaired) electrons. The highest BCUT2D eigenvalue weighted by molar-refractivity contribution is 5.85. The topological polar surface area (TPSA) is 41.6 Å². The van der Waals surface area contributed by atoms with Crippen molar-refractivity contribution >= 4 is 18.3 Å². The highest BCUT2D eigenvalue weighted by Crippen LogP contribution is 2.21. The van der Waals surface area contributed by atoms with Crippen molar-refractivity contribution in [3.63, 3.8) is 0 Å². The SMILES string of the molecule is CNCCC1CCN(C(=O)C(C)COC)CC1.Cl. The molecule has 108 valence electrons. The quantitative estimate of drug-likeness (QED) is 0.801. The van der Waals surface area contributed by atoms with Gasteiger partial charge >= 0.3 is 0 Å². The monoisotopic (exact) mass is 278 g/mol. The highest BCUT2D eigenvalue weighted by atomic mass is 35.5. The first-order valence-electron chi connectivity index (χ1n) is 6.61. The molecule has 0 saturated carbocycles. The molecule has 4 nitrogen and oxygen atoms in total. The van der Waals surface area contributed by atoms with Gasteiger partial charge in [-0.1, -0.05) is 6.92 Å². The van der Waals surface area contributed by atoms with Crippen LogP contribution in [-0.2, 0) is 9.53 Å². The van der Waals surface area contributed by atoms with Gasteiger partial charge in [0.05, 0.1) is 12.5 Å². The average molecular weight is 279 g/mol. The maximum atomic E-state index is 12.0. The fourth-order valence-electron chi connectivity index (χ4n) is 2.42. The van der Waals surface area contributed by atoms with E-state index in [1.807, 2.05) is 18.9 Å². The molecule has 1 fully saturated rings. The van der Waals surface area contributed by atoms with E-state index in [0.717, 1.165) is 38.4 Å². The standard InChI is InChI=1S/C13H26N2O2.ClH/c1-11(10-17-3)13(16)15-8-5-12(6-9-15)4-7-14-2;/h11-12,14H,4-10H2,1-3H3;1H. The van der Waals surface area contributed by atoms with Crippen molar-refractivity contribution in [2.24, 2.45) is 11.8 Å². The minimum Gasteiger partial charge on any atom is -0.384 e. The summed E-state index contributed by atoms with van der Waals surface area (Å²) in [6, 6.07) is 0. The van der Waals surface area contributed by atoms with Crippen LogP contribution in [0.2, 0.25) is 0 Å². The second-order valence-electron chi connectivity index (χ2n) is 5.02. The molecule has 0 spiro atoms. The molecule has 1 N–H and O–H groups in total. The molecule has 1 rings (SSSR count). The van der Waals surface area contributed by atoms with E-state index in [0.29, 0.717) is 6.61 Å². The van der Waals surface area contributed by atoms with Gasteiger partial charge in [0.2, 0.25) is 5.91 Å². The van der Waals surface area contributed by atoms with Crippen molar-refractivity contribution in [2.45, 2.75) is 26.2 Å². The molecular formula is C13H27ClN2O2. The number of hydrogen-bond donors (Lipinski definition) is 1. The van der Waals surface area contributed by atoms with Crippen molar-refractivity contribution in [3.8, 4) is 0 Å². The van der Waals surface area contributed by atoms with Gasteiger partial charge < -0.3 is 15.0 Å². The Kier molecular flexibility index (Phi) is 9.42. The minimum atomic E-state index is -0.00569. The number of likely N-dealkylation sites (tertiary alicyclic amines) is 1. The third kappa shape index (κ3) is 5.55. The maximum Gasteiger partial charge on any atom is 0.227 e. The van der Waals surface area contributed by atoms with E-state index in [-0.39, 0.29) is 24.2 Å². The first kappa shape index (κ1) is 17.7. The molecule has 0 aromatic heterocycles. The van der Waals surface area contributed by atoms with E-state index in [1.165, 1.54) is 6.42 Å². The van der Waals surface area contributed by atoms with Gasteiger partial charge in [-0.05, 0) is 38.8 Å². The summed E-state index contributed by atoms with van der Waals surface area (Å²) in [5, 5.41) is 3.19. The van der Waals surface area contributed by atoms with Crippen LogP contribution in [0.4, 0.5) is 0 Å². The molecular weight excluding hydrogens is 252 g/mol. The van der Waals surface area contributed by atoms with Crippen LogP contribution in [0.25, 0.3) is 0 Å². The van der Waals surface area contributed by atoms with E-state index in [2.05, 4.69) is 5.32 Å². The van der Waals surface area contributed by atoms with Crippen molar-refractivity contribution in [3.05, 3.63) is 0 Å². The number of piperidine rings is 1. The molecule has 0 aliphatic carbocycles. The van der Waals surface area contributed by atoms with Gasteiger partial charge in [0, 0.05) is 20.2 Å². The zero-order valence-electron chi connectivity index (χ0n) is 11.8. The molecule has 18 heavy (non-hydrogen) atoms. The molecule has 0 aromatic carbocycles. The van der Waals surface area contributed by atoms with Crippen molar-refractivity contribution < 1.29 is 9.53 Å². The number of hydrogen-bond acceptors (Lipinski definition) is 3. The molecule has 1 unspecified atom stereocenters. The van der Waals surface area contributed by atoms with Crippen LogP contribution in [0.15, 0.2) is 0 Å². The number of halogens is 1. The van der Waals surface area contributed by atoms with Crippen LogP contribution in [0.1, 0.15) is 26.2 Å². The fourth-order valence-corrected chi connectivity index (χ4v) is 2.42. The Balaban J connectivity index is 0.00000289. The molecule has 1 amide bonds. The van der Waals surface area contributed by atoms with Crippen molar-refractivity contribution in [2.75, 3.05) is 40.4 Å². The summed E-state index contributed by atoms with van der Waals surface area (Å²) in [6.07, 6.45) is 3.52. The van der Waals surface area contributed by atoms with E-state index in [4.69, 9.17) is 4.74 Å². The Morgan fingerprint density at radius 3 is 2.56 bits per heavy atom. The number of nitrogens with zero attached hydrogens (tertiary/aromatic N) is 1. The first-order valence-corrected chi connectivity index (χ1v) is 6.61. The second kappa shape index (κ2) is 9.59. The summed E-state index contributed by atoms with van der Waals surface area (Å²) in [4.78, 5) is 14.0. The number of nitrogens with one attached hydrogen (secondary N) is 1. The third-order valence-electron chi connectivity index (χ3n) is 3.57. The number of ether oxygens (including phenoxy) is 1. The summed E-state index contributed by atoms with van der Waals surface area (Å²) < 4.78 is 5.03. The molecule has 5 heteroatoms. The van der Waals surface area contributed by atoms with Gasteiger partial charge in [0.25, 0.3) is 0 Å². The smallest absolute Gasteiger partial charge is 0.227 e. The normalized spacial score (nSPS) is 18.3. The zero-order valence-corrected chi connectivity index (χ0v) is 12.6. The van der Waals surface area contributed by atoms with E-state index in [9.17, 15) is 4.79 Å². The Morgan fingerprint density at radius 1 is 1.44 bits per heavy atom. The molecule has 1 aliphatic heterocycles. The minimum absolute atomic E-state index is 0. The maximum absolute atomic E-state index is 12.0. The van der Waals surface area contributed by atoms with E-state index >= 15 is 0 Å². The van der Waals surface area contributed by atoms with Crippen molar-refractivity contribution in [1.82, 2.24) is 10.2 Å². The molecule has 1 saturated heterocycles. The van der Waals surface area contributed by atoms with Crippen LogP contribution in [-0.4, -0.2) is 51.2 Å². The molecule has 1 heterocycles. The van der Waals surface area contributed by atoms with E-state index in [1.54, 1.807) is 7.11 Å². The summed E-state index contributed by atoms with van der Waals surface area (Å²) in [7, 11) is 3.64. The van der Waals surface area contributed by atoms with E-state index < -0.39 is 0 Å². The van der Waals surface area contributed by atoms with Gasteiger partial charge in [0.1, 0.15) is 0 Å². The zero-order chi connectivity index (χ0) is 12.7.